The molecular weight excluding hydrogens is 292 g/mol. The number of hydrogen-bond acceptors (Lipinski definition) is 6. The summed E-state index contributed by atoms with van der Waals surface area (Å²) in [6, 6.07) is 3.80. The highest BCUT2D eigenvalue weighted by Crippen LogP contribution is 2.20. The van der Waals surface area contributed by atoms with Crippen LogP contribution in [0.1, 0.15) is 5.56 Å². The third-order valence-corrected chi connectivity index (χ3v) is 3.17. The van der Waals surface area contributed by atoms with Gasteiger partial charge in [0.05, 0.1) is 7.11 Å². The third-order valence-electron chi connectivity index (χ3n) is 1.85. The van der Waals surface area contributed by atoms with Crippen LogP contribution in [0.15, 0.2) is 22.2 Å². The van der Waals surface area contributed by atoms with Gasteiger partial charge in [-0.1, -0.05) is 11.3 Å². The Hall–Kier alpha value is -1.21. The Morgan fingerprint density at radius 3 is 3.06 bits per heavy atom. The lowest BCUT2D eigenvalue weighted by Crippen LogP contribution is -1.99. The maximum atomic E-state index is 5.04. The molecule has 0 saturated heterocycles. The summed E-state index contributed by atoms with van der Waals surface area (Å²) in [5.74, 6) is 0.609. The molecule has 0 atom stereocenters. The van der Waals surface area contributed by atoms with Crippen LogP contribution in [0, 0.1) is 0 Å². The lowest BCUT2D eigenvalue weighted by atomic mass is 10.3. The number of aromatic nitrogens is 3. The molecule has 2 aromatic rings. The summed E-state index contributed by atoms with van der Waals surface area (Å²) in [5, 5.41) is 11.7. The van der Waals surface area contributed by atoms with Crippen molar-refractivity contribution in [3.63, 3.8) is 0 Å². The van der Waals surface area contributed by atoms with Crippen LogP contribution in [0.2, 0.25) is 0 Å². The lowest BCUT2D eigenvalue weighted by molar-refractivity contribution is 0.397. The summed E-state index contributed by atoms with van der Waals surface area (Å²) in [7, 11) is 1.60. The van der Waals surface area contributed by atoms with Gasteiger partial charge in [0.1, 0.15) is 0 Å². The van der Waals surface area contributed by atoms with Crippen molar-refractivity contribution in [2.45, 2.75) is 6.54 Å². The predicted octanol–water partition coefficient (Wildman–Crippen LogP) is 2.32. The molecule has 1 N–H and O–H groups in total. The zero-order valence-corrected chi connectivity index (χ0v) is 10.9. The number of ether oxygens (including phenoxy) is 1. The molecule has 0 radical (unpaired) electrons. The fourth-order valence-electron chi connectivity index (χ4n) is 1.13. The van der Waals surface area contributed by atoms with Gasteiger partial charge in [-0.3, -0.25) is 0 Å². The summed E-state index contributed by atoms with van der Waals surface area (Å²) >= 11 is 4.71. The average Bonchev–Trinajstić information content (AvgIpc) is 2.73. The zero-order chi connectivity index (χ0) is 11.4. The molecule has 7 heteroatoms. The van der Waals surface area contributed by atoms with E-state index in [1.54, 1.807) is 13.3 Å². The van der Waals surface area contributed by atoms with Crippen LogP contribution < -0.4 is 10.1 Å². The molecule has 0 fully saturated rings. The molecule has 0 unspecified atom stereocenters. The molecule has 0 aliphatic carbocycles. The van der Waals surface area contributed by atoms with Crippen LogP contribution in [0.3, 0.4) is 0 Å². The van der Waals surface area contributed by atoms with Gasteiger partial charge in [-0.25, -0.2) is 4.98 Å². The van der Waals surface area contributed by atoms with Gasteiger partial charge in [0.25, 0.3) is 0 Å². The first kappa shape index (κ1) is 11.3. The van der Waals surface area contributed by atoms with E-state index < -0.39 is 0 Å². The predicted molar refractivity (Wildman–Crippen MR) is 65.7 cm³/mol. The first-order valence-electron chi connectivity index (χ1n) is 4.50. The van der Waals surface area contributed by atoms with Crippen LogP contribution in [0.25, 0.3) is 0 Å². The van der Waals surface area contributed by atoms with E-state index in [9.17, 15) is 0 Å². The maximum Gasteiger partial charge on any atom is 0.213 e. The second-order valence-corrected chi connectivity index (χ2v) is 5.17. The van der Waals surface area contributed by atoms with Gasteiger partial charge in [-0.05, 0) is 27.6 Å². The molecule has 0 saturated carbocycles. The van der Waals surface area contributed by atoms with Gasteiger partial charge in [-0.15, -0.1) is 10.2 Å². The quantitative estimate of drug-likeness (QED) is 0.939. The van der Waals surface area contributed by atoms with Crippen molar-refractivity contribution in [3.05, 3.63) is 27.8 Å². The highest BCUT2D eigenvalue weighted by atomic mass is 79.9. The topological polar surface area (TPSA) is 59.9 Å². The minimum atomic E-state index is 0.609. The molecule has 0 aliphatic heterocycles. The molecule has 2 heterocycles. The summed E-state index contributed by atoms with van der Waals surface area (Å²) < 4.78 is 5.81. The highest BCUT2D eigenvalue weighted by Gasteiger charge is 2.01. The third kappa shape index (κ3) is 2.89. The van der Waals surface area contributed by atoms with Gasteiger partial charge in [0.15, 0.2) is 3.92 Å². The molecule has 84 valence electrons. The van der Waals surface area contributed by atoms with E-state index in [0.717, 1.165) is 14.6 Å². The highest BCUT2D eigenvalue weighted by molar-refractivity contribution is 9.11. The molecule has 16 heavy (non-hydrogen) atoms. The van der Waals surface area contributed by atoms with Crippen LogP contribution in [-0.2, 0) is 6.54 Å². The van der Waals surface area contributed by atoms with Crippen molar-refractivity contribution >= 4 is 32.4 Å². The van der Waals surface area contributed by atoms with E-state index in [2.05, 4.69) is 36.4 Å². The SMILES string of the molecule is COc1cc(CNc2nnc(Br)s2)ccn1. The number of anilines is 1. The molecule has 0 amide bonds. The number of halogens is 1. The molecule has 5 nitrogen and oxygen atoms in total. The Labute approximate surface area is 105 Å². The van der Waals surface area contributed by atoms with Crippen molar-refractivity contribution < 1.29 is 4.74 Å². The largest absolute Gasteiger partial charge is 0.481 e. The number of rotatable bonds is 4. The van der Waals surface area contributed by atoms with Gasteiger partial charge in [-0.2, -0.15) is 0 Å². The Bertz CT molecular complexity index is 476. The van der Waals surface area contributed by atoms with Crippen molar-refractivity contribution in [2.75, 3.05) is 12.4 Å². The molecule has 0 spiro atoms. The average molecular weight is 301 g/mol. The molecule has 0 aliphatic rings. The standard InChI is InChI=1S/C9H9BrN4OS/c1-15-7-4-6(2-3-11-7)5-12-9-14-13-8(10)16-9/h2-4H,5H2,1H3,(H,12,14). The van der Waals surface area contributed by atoms with E-state index in [4.69, 9.17) is 4.74 Å². The summed E-state index contributed by atoms with van der Waals surface area (Å²) in [4.78, 5) is 4.03. The van der Waals surface area contributed by atoms with Gasteiger partial charge in [0, 0.05) is 18.8 Å². The Balaban J connectivity index is 1.99. The van der Waals surface area contributed by atoms with Gasteiger partial charge < -0.3 is 10.1 Å². The van der Waals surface area contributed by atoms with Gasteiger partial charge >= 0.3 is 0 Å². The van der Waals surface area contributed by atoms with E-state index in [-0.39, 0.29) is 0 Å². The number of methoxy groups -OCH3 is 1. The molecule has 2 aromatic heterocycles. The van der Waals surface area contributed by atoms with Crippen LogP contribution in [-0.4, -0.2) is 22.3 Å². The number of pyridine rings is 1. The molecule has 0 bridgehead atoms. The van der Waals surface area contributed by atoms with Crippen LogP contribution in [0.4, 0.5) is 5.13 Å². The van der Waals surface area contributed by atoms with Crippen molar-refractivity contribution in [2.24, 2.45) is 0 Å². The second-order valence-electron chi connectivity index (χ2n) is 2.92. The summed E-state index contributed by atoms with van der Waals surface area (Å²) in [5.41, 5.74) is 1.08. The maximum absolute atomic E-state index is 5.04. The van der Waals surface area contributed by atoms with Gasteiger partial charge in [0.2, 0.25) is 11.0 Å². The van der Waals surface area contributed by atoms with E-state index in [1.165, 1.54) is 11.3 Å². The molecule has 2 rings (SSSR count). The summed E-state index contributed by atoms with van der Waals surface area (Å²) in [6.45, 7) is 0.667. The first-order valence-corrected chi connectivity index (χ1v) is 6.10. The lowest BCUT2D eigenvalue weighted by Gasteiger charge is -2.03. The van der Waals surface area contributed by atoms with Crippen molar-refractivity contribution in [1.29, 1.82) is 0 Å². The number of nitrogens with zero attached hydrogens (tertiary/aromatic N) is 3. The zero-order valence-electron chi connectivity index (χ0n) is 8.48. The normalized spacial score (nSPS) is 10.1. The van der Waals surface area contributed by atoms with E-state index in [0.29, 0.717) is 12.4 Å². The minimum absolute atomic E-state index is 0.609. The monoisotopic (exact) mass is 300 g/mol. The first-order chi connectivity index (χ1) is 7.78. The Morgan fingerprint density at radius 2 is 2.38 bits per heavy atom. The summed E-state index contributed by atoms with van der Waals surface area (Å²) in [6.07, 6.45) is 1.71. The fraction of sp³-hybridized carbons (Fsp3) is 0.222. The second kappa shape index (κ2) is 5.22. The minimum Gasteiger partial charge on any atom is -0.481 e. The number of hydrogen-bond donors (Lipinski definition) is 1. The van der Waals surface area contributed by atoms with Crippen molar-refractivity contribution in [1.82, 2.24) is 15.2 Å². The van der Waals surface area contributed by atoms with Crippen LogP contribution in [0.5, 0.6) is 5.88 Å². The Kier molecular flexibility index (Phi) is 3.68. The Morgan fingerprint density at radius 1 is 1.50 bits per heavy atom. The van der Waals surface area contributed by atoms with Crippen molar-refractivity contribution in [3.8, 4) is 5.88 Å². The van der Waals surface area contributed by atoms with E-state index in [1.807, 2.05) is 12.1 Å². The van der Waals surface area contributed by atoms with Crippen LogP contribution >= 0.6 is 27.3 Å². The smallest absolute Gasteiger partial charge is 0.213 e. The number of nitrogens with one attached hydrogen (secondary N) is 1. The fourth-order valence-corrected chi connectivity index (χ4v) is 2.13. The molecular formula is C9H9BrN4OS. The molecule has 0 aromatic carbocycles. The van der Waals surface area contributed by atoms with E-state index >= 15 is 0 Å².